The second-order valence-electron chi connectivity index (χ2n) is 8.86. The minimum absolute atomic E-state index is 0.109. The molecule has 0 aromatic heterocycles. The summed E-state index contributed by atoms with van der Waals surface area (Å²) in [5.41, 5.74) is 1.47. The molecule has 0 spiro atoms. The van der Waals surface area contributed by atoms with E-state index in [2.05, 4.69) is 29.2 Å². The third-order valence-electron chi connectivity index (χ3n) is 6.46. The Bertz CT molecular complexity index is 1340. The third kappa shape index (κ3) is 6.54. The molecule has 3 aromatic carbocycles. The van der Waals surface area contributed by atoms with Crippen LogP contribution in [-0.4, -0.2) is 77.6 Å². The lowest BCUT2D eigenvalue weighted by Crippen LogP contribution is -2.51. The summed E-state index contributed by atoms with van der Waals surface area (Å²) in [6.45, 7) is 2.96. The van der Waals surface area contributed by atoms with Crippen molar-refractivity contribution >= 4 is 27.7 Å². The zero-order valence-electron chi connectivity index (χ0n) is 21.7. The summed E-state index contributed by atoms with van der Waals surface area (Å²) in [6.07, 6.45) is 4.21. The Labute approximate surface area is 224 Å². The lowest BCUT2D eigenvalue weighted by atomic mass is 10.2. The van der Waals surface area contributed by atoms with Gasteiger partial charge < -0.3 is 14.4 Å². The van der Waals surface area contributed by atoms with Gasteiger partial charge in [-0.3, -0.25) is 14.0 Å². The number of rotatable bonds is 10. The highest BCUT2D eigenvalue weighted by Gasteiger charge is 2.30. The number of anilines is 1. The fourth-order valence-electron chi connectivity index (χ4n) is 4.32. The van der Waals surface area contributed by atoms with E-state index in [4.69, 9.17) is 9.47 Å². The van der Waals surface area contributed by atoms with Crippen LogP contribution in [0.2, 0.25) is 0 Å². The summed E-state index contributed by atoms with van der Waals surface area (Å²) >= 11 is 0. The standard InChI is InChI=1S/C29H33N3O5S/c1-36-27-16-15-25(22-28(27)37-2)32(38(34,35)26-13-7-4-8-14-26)23-29(33)31-20-18-30(19-21-31)17-9-12-24-10-5-3-6-11-24/h3-16,22H,17-21,23H2,1-2H3/b12-9+. The molecular formula is C29H33N3O5S. The highest BCUT2D eigenvalue weighted by Crippen LogP contribution is 2.33. The van der Waals surface area contributed by atoms with E-state index in [1.165, 1.54) is 26.4 Å². The molecule has 1 heterocycles. The Morgan fingerprint density at radius 1 is 0.868 bits per heavy atom. The van der Waals surface area contributed by atoms with Crippen molar-refractivity contribution in [3.05, 3.63) is 90.5 Å². The van der Waals surface area contributed by atoms with E-state index >= 15 is 0 Å². The van der Waals surface area contributed by atoms with Crippen molar-refractivity contribution in [2.75, 3.05) is 57.8 Å². The van der Waals surface area contributed by atoms with Crippen molar-refractivity contribution < 1.29 is 22.7 Å². The lowest BCUT2D eigenvalue weighted by Gasteiger charge is -2.35. The number of carbonyl (C=O) groups excluding carboxylic acids is 1. The highest BCUT2D eigenvalue weighted by molar-refractivity contribution is 7.92. The first kappa shape index (κ1) is 27.2. The fourth-order valence-corrected chi connectivity index (χ4v) is 5.75. The number of nitrogens with zero attached hydrogens (tertiary/aromatic N) is 3. The minimum Gasteiger partial charge on any atom is -0.493 e. The number of methoxy groups -OCH3 is 2. The fraction of sp³-hybridized carbons (Fsp3) is 0.276. The molecule has 1 amide bonds. The molecule has 3 aromatic rings. The van der Waals surface area contributed by atoms with E-state index < -0.39 is 10.0 Å². The van der Waals surface area contributed by atoms with Gasteiger partial charge in [0, 0.05) is 38.8 Å². The van der Waals surface area contributed by atoms with Crippen molar-refractivity contribution in [1.29, 1.82) is 0 Å². The number of piperazine rings is 1. The van der Waals surface area contributed by atoms with Crippen LogP contribution in [0, 0.1) is 0 Å². The van der Waals surface area contributed by atoms with Crippen LogP contribution in [0.1, 0.15) is 5.56 Å². The average Bonchev–Trinajstić information content (AvgIpc) is 2.96. The van der Waals surface area contributed by atoms with Gasteiger partial charge in [0.15, 0.2) is 11.5 Å². The van der Waals surface area contributed by atoms with Crippen LogP contribution >= 0.6 is 0 Å². The van der Waals surface area contributed by atoms with Crippen molar-refractivity contribution in [2.45, 2.75) is 4.90 Å². The van der Waals surface area contributed by atoms with Gasteiger partial charge in [0.25, 0.3) is 10.0 Å². The number of benzene rings is 3. The second-order valence-corrected chi connectivity index (χ2v) is 10.7. The molecule has 0 aliphatic carbocycles. The molecule has 0 atom stereocenters. The molecule has 0 bridgehead atoms. The van der Waals surface area contributed by atoms with Crippen LogP contribution in [0.3, 0.4) is 0 Å². The minimum atomic E-state index is -4.01. The Morgan fingerprint density at radius 3 is 2.13 bits per heavy atom. The molecule has 1 fully saturated rings. The van der Waals surface area contributed by atoms with Crippen LogP contribution < -0.4 is 13.8 Å². The Kier molecular flexibility index (Phi) is 9.04. The third-order valence-corrected chi connectivity index (χ3v) is 8.25. The van der Waals surface area contributed by atoms with E-state index in [1.54, 1.807) is 41.3 Å². The zero-order chi connectivity index (χ0) is 27.0. The smallest absolute Gasteiger partial charge is 0.264 e. The first-order valence-electron chi connectivity index (χ1n) is 12.4. The van der Waals surface area contributed by atoms with Crippen molar-refractivity contribution in [2.24, 2.45) is 0 Å². The van der Waals surface area contributed by atoms with Gasteiger partial charge in [-0.05, 0) is 29.8 Å². The van der Waals surface area contributed by atoms with Gasteiger partial charge in [-0.1, -0.05) is 60.7 Å². The molecule has 1 aliphatic rings. The second kappa shape index (κ2) is 12.6. The van der Waals surface area contributed by atoms with E-state index in [1.807, 2.05) is 18.2 Å². The van der Waals surface area contributed by atoms with Crippen LogP contribution in [0.5, 0.6) is 11.5 Å². The van der Waals surface area contributed by atoms with Crippen LogP contribution in [0.15, 0.2) is 89.8 Å². The first-order chi connectivity index (χ1) is 18.4. The highest BCUT2D eigenvalue weighted by atomic mass is 32.2. The van der Waals surface area contributed by atoms with Crippen LogP contribution in [-0.2, 0) is 14.8 Å². The summed E-state index contributed by atoms with van der Waals surface area (Å²) in [5, 5.41) is 0. The molecule has 1 aliphatic heterocycles. The number of ether oxygens (including phenoxy) is 2. The predicted molar refractivity (Wildman–Crippen MR) is 149 cm³/mol. The summed E-state index contributed by atoms with van der Waals surface area (Å²) in [4.78, 5) is 17.5. The SMILES string of the molecule is COc1ccc(N(CC(=O)N2CCN(C/C=C/c3ccccc3)CC2)S(=O)(=O)c2ccccc2)cc1OC. The molecule has 1 saturated heterocycles. The van der Waals surface area contributed by atoms with E-state index in [9.17, 15) is 13.2 Å². The Morgan fingerprint density at radius 2 is 1.50 bits per heavy atom. The number of sulfonamides is 1. The maximum Gasteiger partial charge on any atom is 0.264 e. The monoisotopic (exact) mass is 535 g/mol. The van der Waals surface area contributed by atoms with Crippen molar-refractivity contribution in [3.63, 3.8) is 0 Å². The van der Waals surface area contributed by atoms with E-state index in [0.29, 0.717) is 43.4 Å². The molecule has 0 N–H and O–H groups in total. The molecule has 0 unspecified atom stereocenters. The number of hydrogen-bond donors (Lipinski definition) is 0. The summed E-state index contributed by atoms with van der Waals surface area (Å²) in [6, 6.07) is 23.1. The summed E-state index contributed by atoms with van der Waals surface area (Å²) in [5.74, 6) is 0.596. The maximum absolute atomic E-state index is 13.7. The van der Waals surface area contributed by atoms with Crippen LogP contribution in [0.4, 0.5) is 5.69 Å². The molecule has 9 heteroatoms. The van der Waals surface area contributed by atoms with Crippen LogP contribution in [0.25, 0.3) is 6.08 Å². The first-order valence-corrected chi connectivity index (χ1v) is 13.9. The van der Waals surface area contributed by atoms with E-state index in [-0.39, 0.29) is 17.3 Å². The zero-order valence-corrected chi connectivity index (χ0v) is 22.5. The van der Waals surface area contributed by atoms with Gasteiger partial charge in [0.2, 0.25) is 5.91 Å². The van der Waals surface area contributed by atoms with Crippen molar-refractivity contribution in [1.82, 2.24) is 9.80 Å². The quantitative estimate of drug-likeness (QED) is 0.394. The van der Waals surface area contributed by atoms with Gasteiger partial charge >= 0.3 is 0 Å². The van der Waals surface area contributed by atoms with Gasteiger partial charge in [-0.15, -0.1) is 0 Å². The van der Waals surface area contributed by atoms with Gasteiger partial charge in [-0.2, -0.15) is 0 Å². The normalized spacial score (nSPS) is 14.4. The molecule has 200 valence electrons. The summed E-state index contributed by atoms with van der Waals surface area (Å²) in [7, 11) is -1.02. The molecule has 0 saturated carbocycles. The Hall–Kier alpha value is -3.82. The number of amides is 1. The molecule has 4 rings (SSSR count). The van der Waals surface area contributed by atoms with Crippen molar-refractivity contribution in [3.8, 4) is 11.5 Å². The summed E-state index contributed by atoms with van der Waals surface area (Å²) < 4.78 is 39.1. The topological polar surface area (TPSA) is 79.4 Å². The molecule has 0 radical (unpaired) electrons. The average molecular weight is 536 g/mol. The largest absolute Gasteiger partial charge is 0.493 e. The van der Waals surface area contributed by atoms with Gasteiger partial charge in [0.1, 0.15) is 6.54 Å². The number of carbonyl (C=O) groups is 1. The van der Waals surface area contributed by atoms with E-state index in [0.717, 1.165) is 16.4 Å². The maximum atomic E-state index is 13.7. The lowest BCUT2D eigenvalue weighted by molar-refractivity contribution is -0.131. The van der Waals surface area contributed by atoms with Gasteiger partial charge in [0.05, 0.1) is 24.8 Å². The van der Waals surface area contributed by atoms with Gasteiger partial charge in [-0.25, -0.2) is 8.42 Å². The Balaban J connectivity index is 1.47. The predicted octanol–water partition coefficient (Wildman–Crippen LogP) is 3.76. The molecule has 38 heavy (non-hydrogen) atoms. The molecule has 8 nitrogen and oxygen atoms in total. The molecular weight excluding hydrogens is 502 g/mol. The number of hydrogen-bond acceptors (Lipinski definition) is 6.